The summed E-state index contributed by atoms with van der Waals surface area (Å²) in [5.74, 6) is 0. The molecule has 0 saturated carbocycles. The molecule has 2 fully saturated rings. The molecule has 2 saturated heterocycles. The Balaban J connectivity index is 2.08. The molecule has 5 heteroatoms. The molecule has 2 rings (SSSR count). The maximum atomic E-state index is 11.8. The molecule has 80 valence electrons. The van der Waals surface area contributed by atoms with E-state index >= 15 is 0 Å². The van der Waals surface area contributed by atoms with Crippen LogP contribution in [0.5, 0.6) is 0 Å². The molecule has 0 radical (unpaired) electrons. The van der Waals surface area contributed by atoms with Gasteiger partial charge in [0.15, 0.2) is 0 Å². The number of hydrogen-bond donors (Lipinski definition) is 0. The van der Waals surface area contributed by atoms with E-state index in [0.29, 0.717) is 13.2 Å². The SMILES string of the molecule is C=CCON1C(=O)N2C[C@H]1CC[C@H]2C#N. The van der Waals surface area contributed by atoms with Crippen LogP contribution >= 0.6 is 0 Å². The quantitative estimate of drug-likeness (QED) is 0.646. The molecule has 0 unspecified atom stereocenters. The molecule has 0 aromatic carbocycles. The molecule has 2 aliphatic rings. The third kappa shape index (κ3) is 1.57. The van der Waals surface area contributed by atoms with Crippen molar-refractivity contribution in [3.8, 4) is 6.07 Å². The molecule has 2 aliphatic heterocycles. The van der Waals surface area contributed by atoms with Gasteiger partial charge in [0.1, 0.15) is 6.04 Å². The van der Waals surface area contributed by atoms with Gasteiger partial charge < -0.3 is 4.90 Å². The first-order valence-electron chi connectivity index (χ1n) is 5.01. The smallest absolute Gasteiger partial charge is 0.305 e. The molecule has 0 aromatic heterocycles. The highest BCUT2D eigenvalue weighted by atomic mass is 16.7. The second-order valence-corrected chi connectivity index (χ2v) is 3.72. The van der Waals surface area contributed by atoms with Gasteiger partial charge in [-0.2, -0.15) is 10.3 Å². The summed E-state index contributed by atoms with van der Waals surface area (Å²) in [6, 6.07) is 1.77. The molecule has 0 N–H and O–H groups in total. The summed E-state index contributed by atoms with van der Waals surface area (Å²) in [4.78, 5) is 18.7. The molecular formula is C10H13N3O2. The lowest BCUT2D eigenvalue weighted by Gasteiger charge is -2.24. The van der Waals surface area contributed by atoms with Crippen molar-refractivity contribution in [2.75, 3.05) is 13.2 Å². The van der Waals surface area contributed by atoms with Crippen LogP contribution in [0.2, 0.25) is 0 Å². The van der Waals surface area contributed by atoms with Gasteiger partial charge in [-0.05, 0) is 12.8 Å². The zero-order chi connectivity index (χ0) is 10.8. The predicted octanol–water partition coefficient (Wildman–Crippen LogP) is 0.896. The number of nitriles is 1. The lowest BCUT2D eigenvalue weighted by Crippen LogP contribution is -2.38. The molecule has 0 aliphatic carbocycles. The van der Waals surface area contributed by atoms with Gasteiger partial charge in [0.2, 0.25) is 0 Å². The highest BCUT2D eigenvalue weighted by Crippen LogP contribution is 2.29. The number of fused-ring (bicyclic) bond motifs is 2. The normalized spacial score (nSPS) is 29.1. The number of nitrogens with zero attached hydrogens (tertiary/aromatic N) is 3. The maximum Gasteiger partial charge on any atom is 0.345 e. The van der Waals surface area contributed by atoms with Gasteiger partial charge in [0, 0.05) is 6.54 Å². The lowest BCUT2D eigenvalue weighted by molar-refractivity contribution is -0.118. The van der Waals surface area contributed by atoms with Gasteiger partial charge in [-0.15, -0.1) is 6.58 Å². The molecule has 15 heavy (non-hydrogen) atoms. The molecule has 2 atom stereocenters. The summed E-state index contributed by atoms with van der Waals surface area (Å²) in [7, 11) is 0. The van der Waals surface area contributed by atoms with Crippen LogP contribution < -0.4 is 0 Å². The summed E-state index contributed by atoms with van der Waals surface area (Å²) in [5.41, 5.74) is 0. The molecule has 2 bridgehead atoms. The van der Waals surface area contributed by atoms with E-state index in [4.69, 9.17) is 10.1 Å². The van der Waals surface area contributed by atoms with Crippen molar-refractivity contribution >= 4 is 6.03 Å². The van der Waals surface area contributed by atoms with Crippen LogP contribution in [0.4, 0.5) is 4.79 Å². The number of urea groups is 1. The Bertz CT molecular complexity index is 323. The minimum Gasteiger partial charge on any atom is -0.305 e. The van der Waals surface area contributed by atoms with Gasteiger partial charge in [-0.3, -0.25) is 4.84 Å². The third-order valence-electron chi connectivity index (χ3n) is 2.80. The maximum absolute atomic E-state index is 11.8. The van der Waals surface area contributed by atoms with E-state index in [0.717, 1.165) is 12.8 Å². The number of hydrogen-bond acceptors (Lipinski definition) is 3. The van der Waals surface area contributed by atoms with Crippen molar-refractivity contribution in [2.45, 2.75) is 24.9 Å². The zero-order valence-corrected chi connectivity index (χ0v) is 8.43. The Kier molecular flexibility index (Phi) is 2.60. The van der Waals surface area contributed by atoms with E-state index in [-0.39, 0.29) is 18.1 Å². The molecular weight excluding hydrogens is 194 g/mol. The Morgan fingerprint density at radius 3 is 3.13 bits per heavy atom. The Hall–Kier alpha value is -1.54. The first kappa shape index (κ1) is 9.99. The fourth-order valence-electron chi connectivity index (χ4n) is 2.07. The van der Waals surface area contributed by atoms with E-state index in [2.05, 4.69) is 12.6 Å². The van der Waals surface area contributed by atoms with Crippen molar-refractivity contribution in [1.82, 2.24) is 9.96 Å². The van der Waals surface area contributed by atoms with Crippen molar-refractivity contribution in [3.63, 3.8) is 0 Å². The molecule has 0 spiro atoms. The van der Waals surface area contributed by atoms with E-state index in [1.54, 1.807) is 11.0 Å². The van der Waals surface area contributed by atoms with Crippen LogP contribution in [-0.4, -0.2) is 41.2 Å². The highest BCUT2D eigenvalue weighted by Gasteiger charge is 2.45. The van der Waals surface area contributed by atoms with Crippen molar-refractivity contribution in [3.05, 3.63) is 12.7 Å². The monoisotopic (exact) mass is 207 g/mol. The topological polar surface area (TPSA) is 56.6 Å². The van der Waals surface area contributed by atoms with Crippen LogP contribution in [0.1, 0.15) is 12.8 Å². The van der Waals surface area contributed by atoms with Crippen LogP contribution in [0.3, 0.4) is 0 Å². The number of rotatable bonds is 3. The number of piperidine rings is 1. The summed E-state index contributed by atoms with van der Waals surface area (Å²) >= 11 is 0. The largest absolute Gasteiger partial charge is 0.345 e. The van der Waals surface area contributed by atoms with E-state index < -0.39 is 0 Å². The Labute approximate surface area is 88.5 Å². The number of carbonyl (C=O) groups excluding carboxylic acids is 1. The van der Waals surface area contributed by atoms with Gasteiger partial charge in [-0.1, -0.05) is 6.08 Å². The summed E-state index contributed by atoms with van der Waals surface area (Å²) < 4.78 is 0. The fraction of sp³-hybridized carbons (Fsp3) is 0.600. The summed E-state index contributed by atoms with van der Waals surface area (Å²) in [6.45, 7) is 4.47. The van der Waals surface area contributed by atoms with Crippen LogP contribution in [0.15, 0.2) is 12.7 Å². The lowest BCUT2D eigenvalue weighted by atomic mass is 10.0. The van der Waals surface area contributed by atoms with Gasteiger partial charge in [0.25, 0.3) is 0 Å². The average molecular weight is 207 g/mol. The number of hydroxylamine groups is 2. The van der Waals surface area contributed by atoms with Gasteiger partial charge in [-0.25, -0.2) is 4.79 Å². The first-order valence-corrected chi connectivity index (χ1v) is 5.01. The standard InChI is InChI=1S/C10H13N3O2/c1-2-5-15-13-9-4-3-8(6-11)12(7-9)10(13)14/h2,8-9H,1,3-5,7H2/t8-,9+/m0/s1. The van der Waals surface area contributed by atoms with Crippen molar-refractivity contribution < 1.29 is 9.63 Å². The second kappa shape index (κ2) is 3.91. The van der Waals surface area contributed by atoms with E-state index in [1.165, 1.54) is 5.06 Å². The molecule has 0 aromatic rings. The molecule has 5 nitrogen and oxygen atoms in total. The number of amides is 2. The first-order chi connectivity index (χ1) is 7.27. The average Bonchev–Trinajstić information content (AvgIpc) is 2.51. The summed E-state index contributed by atoms with van der Waals surface area (Å²) in [5, 5.41) is 10.3. The minimum atomic E-state index is -0.286. The van der Waals surface area contributed by atoms with Crippen LogP contribution in [-0.2, 0) is 4.84 Å². The van der Waals surface area contributed by atoms with Gasteiger partial charge >= 0.3 is 6.03 Å². The molecule has 2 amide bonds. The van der Waals surface area contributed by atoms with Crippen molar-refractivity contribution in [2.24, 2.45) is 0 Å². The van der Waals surface area contributed by atoms with Crippen molar-refractivity contribution in [1.29, 1.82) is 5.26 Å². The minimum absolute atomic E-state index is 0.0991. The predicted molar refractivity (Wildman–Crippen MR) is 52.5 cm³/mol. The Morgan fingerprint density at radius 1 is 1.67 bits per heavy atom. The molecule has 2 heterocycles. The summed E-state index contributed by atoms with van der Waals surface area (Å²) in [6.07, 6.45) is 3.17. The van der Waals surface area contributed by atoms with Crippen LogP contribution in [0, 0.1) is 11.3 Å². The van der Waals surface area contributed by atoms with E-state index in [1.807, 2.05) is 0 Å². The fourth-order valence-corrected chi connectivity index (χ4v) is 2.07. The third-order valence-corrected chi connectivity index (χ3v) is 2.80. The highest BCUT2D eigenvalue weighted by molar-refractivity contribution is 5.77. The second-order valence-electron chi connectivity index (χ2n) is 3.72. The Morgan fingerprint density at radius 2 is 2.47 bits per heavy atom. The van der Waals surface area contributed by atoms with Gasteiger partial charge in [0.05, 0.1) is 18.7 Å². The zero-order valence-electron chi connectivity index (χ0n) is 8.43. The van der Waals surface area contributed by atoms with Crippen LogP contribution in [0.25, 0.3) is 0 Å². The number of carbonyl (C=O) groups is 1. The van der Waals surface area contributed by atoms with E-state index in [9.17, 15) is 4.79 Å².